The molecule has 3 aromatic rings. The van der Waals surface area contributed by atoms with Gasteiger partial charge in [0.1, 0.15) is 0 Å². The molecule has 0 aliphatic rings. The molecule has 0 aliphatic heterocycles. The van der Waals surface area contributed by atoms with Gasteiger partial charge in [0.05, 0.1) is 32.0 Å². The number of benzene rings is 1. The Hall–Kier alpha value is -2.53. The molecule has 0 aliphatic carbocycles. The molecular weight excluding hydrogens is 266 g/mol. The maximum Gasteiger partial charge on any atom is 0.161 e. The summed E-state index contributed by atoms with van der Waals surface area (Å²) in [5, 5.41) is 4.32. The van der Waals surface area contributed by atoms with Gasteiger partial charge in [-0.25, -0.2) is 4.52 Å². The summed E-state index contributed by atoms with van der Waals surface area (Å²) < 4.78 is 12.4. The largest absolute Gasteiger partial charge is 0.493 e. The van der Waals surface area contributed by atoms with Crippen LogP contribution in [0.15, 0.2) is 48.8 Å². The molecular formula is C16H17N3O2. The van der Waals surface area contributed by atoms with Gasteiger partial charge in [-0.3, -0.25) is 0 Å². The Labute approximate surface area is 122 Å². The lowest BCUT2D eigenvalue weighted by atomic mass is 10.0. The monoisotopic (exact) mass is 283 g/mol. The zero-order valence-corrected chi connectivity index (χ0v) is 12.0. The van der Waals surface area contributed by atoms with E-state index in [9.17, 15) is 0 Å². The fourth-order valence-electron chi connectivity index (χ4n) is 2.42. The highest BCUT2D eigenvalue weighted by atomic mass is 16.5. The van der Waals surface area contributed by atoms with Crippen molar-refractivity contribution in [2.24, 2.45) is 5.73 Å². The lowest BCUT2D eigenvalue weighted by Gasteiger charge is -2.14. The Bertz CT molecular complexity index is 767. The van der Waals surface area contributed by atoms with Crippen LogP contribution in [-0.4, -0.2) is 23.8 Å². The molecule has 1 atom stereocenters. The molecule has 0 spiro atoms. The lowest BCUT2D eigenvalue weighted by Crippen LogP contribution is -2.11. The molecule has 2 N–H and O–H groups in total. The predicted octanol–water partition coefficient (Wildman–Crippen LogP) is 2.40. The molecule has 1 aromatic carbocycles. The van der Waals surface area contributed by atoms with Crippen molar-refractivity contribution in [1.29, 1.82) is 0 Å². The van der Waals surface area contributed by atoms with Crippen molar-refractivity contribution < 1.29 is 9.47 Å². The first kappa shape index (κ1) is 13.5. The minimum absolute atomic E-state index is 0.273. The van der Waals surface area contributed by atoms with E-state index in [1.807, 2.05) is 47.1 Å². The van der Waals surface area contributed by atoms with Crippen LogP contribution in [-0.2, 0) is 0 Å². The second-order valence-electron chi connectivity index (χ2n) is 4.72. The maximum atomic E-state index is 6.39. The van der Waals surface area contributed by atoms with Crippen molar-refractivity contribution in [1.82, 2.24) is 9.61 Å². The molecule has 0 saturated heterocycles. The first-order valence-corrected chi connectivity index (χ1v) is 6.64. The Balaban J connectivity index is 2.04. The summed E-state index contributed by atoms with van der Waals surface area (Å²) >= 11 is 0. The SMILES string of the molecule is COc1ccc(C(N)c2cnn3ccccc23)cc1OC. The van der Waals surface area contributed by atoms with Gasteiger partial charge in [-0.2, -0.15) is 5.10 Å². The normalized spacial score (nSPS) is 12.3. The Morgan fingerprint density at radius 1 is 1.10 bits per heavy atom. The van der Waals surface area contributed by atoms with Crippen molar-refractivity contribution in [2.75, 3.05) is 14.2 Å². The zero-order valence-electron chi connectivity index (χ0n) is 12.0. The minimum Gasteiger partial charge on any atom is -0.493 e. The van der Waals surface area contributed by atoms with Crippen molar-refractivity contribution in [3.8, 4) is 11.5 Å². The van der Waals surface area contributed by atoms with Crippen molar-refractivity contribution in [2.45, 2.75) is 6.04 Å². The van der Waals surface area contributed by atoms with E-state index in [0.29, 0.717) is 11.5 Å². The van der Waals surface area contributed by atoms with Crippen LogP contribution in [0, 0.1) is 0 Å². The summed E-state index contributed by atoms with van der Waals surface area (Å²) in [6.45, 7) is 0. The molecule has 2 heterocycles. The fourth-order valence-corrected chi connectivity index (χ4v) is 2.42. The van der Waals surface area contributed by atoms with Crippen molar-refractivity contribution >= 4 is 5.52 Å². The second kappa shape index (κ2) is 5.46. The molecule has 3 rings (SSSR count). The topological polar surface area (TPSA) is 61.8 Å². The van der Waals surface area contributed by atoms with Crippen LogP contribution in [0.1, 0.15) is 17.2 Å². The van der Waals surface area contributed by atoms with E-state index in [-0.39, 0.29) is 6.04 Å². The van der Waals surface area contributed by atoms with Gasteiger partial charge in [-0.05, 0) is 29.8 Å². The predicted molar refractivity (Wildman–Crippen MR) is 80.8 cm³/mol. The number of fused-ring (bicyclic) bond motifs is 1. The number of methoxy groups -OCH3 is 2. The van der Waals surface area contributed by atoms with E-state index in [2.05, 4.69) is 5.10 Å². The van der Waals surface area contributed by atoms with Crippen LogP contribution in [0.5, 0.6) is 11.5 Å². The standard InChI is InChI=1S/C16H17N3O2/c1-20-14-7-6-11(9-15(14)21-2)16(17)12-10-18-19-8-4-3-5-13(12)19/h3-10,16H,17H2,1-2H3. The summed E-state index contributed by atoms with van der Waals surface area (Å²) in [6.07, 6.45) is 3.71. The van der Waals surface area contributed by atoms with E-state index in [4.69, 9.17) is 15.2 Å². The van der Waals surface area contributed by atoms with Gasteiger partial charge in [0.25, 0.3) is 0 Å². The average Bonchev–Trinajstić information content (AvgIpc) is 2.97. The van der Waals surface area contributed by atoms with E-state index in [1.165, 1.54) is 0 Å². The smallest absolute Gasteiger partial charge is 0.161 e. The molecule has 0 fully saturated rings. The number of nitrogens with zero attached hydrogens (tertiary/aromatic N) is 2. The highest BCUT2D eigenvalue weighted by Gasteiger charge is 2.16. The molecule has 5 heteroatoms. The molecule has 21 heavy (non-hydrogen) atoms. The van der Waals surface area contributed by atoms with Crippen molar-refractivity contribution in [3.63, 3.8) is 0 Å². The summed E-state index contributed by atoms with van der Waals surface area (Å²) in [4.78, 5) is 0. The summed E-state index contributed by atoms with van der Waals surface area (Å²) in [5.41, 5.74) is 9.32. The van der Waals surface area contributed by atoms with E-state index < -0.39 is 0 Å². The van der Waals surface area contributed by atoms with Gasteiger partial charge in [-0.1, -0.05) is 12.1 Å². The maximum absolute atomic E-state index is 6.39. The molecule has 1 unspecified atom stereocenters. The summed E-state index contributed by atoms with van der Waals surface area (Å²) in [7, 11) is 3.23. The Morgan fingerprint density at radius 2 is 1.90 bits per heavy atom. The van der Waals surface area contributed by atoms with E-state index in [1.54, 1.807) is 20.4 Å². The van der Waals surface area contributed by atoms with Gasteiger partial charge in [0.2, 0.25) is 0 Å². The van der Waals surface area contributed by atoms with Gasteiger partial charge >= 0.3 is 0 Å². The summed E-state index contributed by atoms with van der Waals surface area (Å²) in [6, 6.07) is 11.3. The molecule has 0 saturated carbocycles. The Kier molecular flexibility index (Phi) is 3.50. The quantitative estimate of drug-likeness (QED) is 0.798. The fraction of sp³-hybridized carbons (Fsp3) is 0.188. The third-order valence-corrected chi connectivity index (χ3v) is 3.56. The average molecular weight is 283 g/mol. The number of hydrogen-bond donors (Lipinski definition) is 1. The summed E-state index contributed by atoms with van der Waals surface area (Å²) in [5.74, 6) is 1.36. The first-order valence-electron chi connectivity index (χ1n) is 6.64. The number of aromatic nitrogens is 2. The van der Waals surface area contributed by atoms with Gasteiger partial charge in [-0.15, -0.1) is 0 Å². The molecule has 0 amide bonds. The number of nitrogens with two attached hydrogens (primary N) is 1. The molecule has 0 bridgehead atoms. The number of hydrogen-bond acceptors (Lipinski definition) is 4. The van der Waals surface area contributed by atoms with Crippen LogP contribution in [0.4, 0.5) is 0 Å². The minimum atomic E-state index is -0.273. The Morgan fingerprint density at radius 3 is 2.67 bits per heavy atom. The van der Waals surface area contributed by atoms with Crippen LogP contribution in [0.2, 0.25) is 0 Å². The van der Waals surface area contributed by atoms with Crippen LogP contribution in [0.25, 0.3) is 5.52 Å². The van der Waals surface area contributed by atoms with E-state index >= 15 is 0 Å². The van der Waals surface area contributed by atoms with Crippen LogP contribution in [0.3, 0.4) is 0 Å². The highest BCUT2D eigenvalue weighted by Crippen LogP contribution is 2.32. The first-order chi connectivity index (χ1) is 10.2. The third kappa shape index (κ3) is 2.32. The zero-order chi connectivity index (χ0) is 14.8. The number of pyridine rings is 1. The van der Waals surface area contributed by atoms with Gasteiger partial charge in [0.15, 0.2) is 11.5 Å². The number of ether oxygens (including phenoxy) is 2. The highest BCUT2D eigenvalue weighted by molar-refractivity contribution is 5.57. The molecule has 0 radical (unpaired) electrons. The van der Waals surface area contributed by atoms with Crippen LogP contribution >= 0.6 is 0 Å². The van der Waals surface area contributed by atoms with Gasteiger partial charge < -0.3 is 15.2 Å². The second-order valence-corrected chi connectivity index (χ2v) is 4.72. The number of rotatable bonds is 4. The molecule has 5 nitrogen and oxygen atoms in total. The van der Waals surface area contributed by atoms with Gasteiger partial charge in [0, 0.05) is 11.8 Å². The lowest BCUT2D eigenvalue weighted by molar-refractivity contribution is 0.354. The van der Waals surface area contributed by atoms with E-state index in [0.717, 1.165) is 16.6 Å². The van der Waals surface area contributed by atoms with Crippen molar-refractivity contribution in [3.05, 3.63) is 59.9 Å². The third-order valence-electron chi connectivity index (χ3n) is 3.56. The molecule has 2 aromatic heterocycles. The van der Waals surface area contributed by atoms with Crippen LogP contribution < -0.4 is 15.2 Å². The molecule has 108 valence electrons.